The zero-order valence-electron chi connectivity index (χ0n) is 11.2. The molecule has 0 saturated heterocycles. The van der Waals surface area contributed by atoms with Crippen LogP contribution in [0.15, 0.2) is 27.0 Å². The Hall–Kier alpha value is -1.52. The lowest BCUT2D eigenvalue weighted by Crippen LogP contribution is -2.16. The largest absolute Gasteiger partial charge is 0.465 e. The van der Waals surface area contributed by atoms with Gasteiger partial charge in [0.05, 0.1) is 19.6 Å². The minimum Gasteiger partial charge on any atom is -0.465 e. The maximum absolute atomic E-state index is 5.68. The molecule has 0 aromatic carbocycles. The molecule has 0 amide bonds. The van der Waals surface area contributed by atoms with Crippen LogP contribution < -0.4 is 5.73 Å². The number of hydrogen-bond donors (Lipinski definition) is 1. The normalized spacial score (nSPS) is 11.4. The topological polar surface area (TPSA) is 55.5 Å². The van der Waals surface area contributed by atoms with E-state index in [1.807, 2.05) is 39.1 Å². The highest BCUT2D eigenvalue weighted by molar-refractivity contribution is 5.19. The molecule has 0 fully saturated rings. The third-order valence-electron chi connectivity index (χ3n) is 2.90. The summed E-state index contributed by atoms with van der Waals surface area (Å²) in [6.45, 7) is 5.94. The van der Waals surface area contributed by atoms with Crippen LogP contribution in [0.2, 0.25) is 0 Å². The van der Waals surface area contributed by atoms with E-state index in [1.54, 1.807) is 0 Å². The minimum absolute atomic E-state index is 0.451. The van der Waals surface area contributed by atoms with Crippen LogP contribution in [0.5, 0.6) is 0 Å². The predicted molar refractivity (Wildman–Crippen MR) is 70.0 cm³/mol. The van der Waals surface area contributed by atoms with Crippen molar-refractivity contribution < 1.29 is 8.83 Å². The van der Waals surface area contributed by atoms with E-state index in [9.17, 15) is 0 Å². The van der Waals surface area contributed by atoms with Gasteiger partial charge < -0.3 is 14.6 Å². The molecule has 18 heavy (non-hydrogen) atoms. The van der Waals surface area contributed by atoms with Crippen LogP contribution in [0.1, 0.15) is 28.6 Å². The Bertz CT molecular complexity index is 514. The molecule has 2 heterocycles. The molecule has 2 rings (SSSR count). The highest BCUT2D eigenvalue weighted by Crippen LogP contribution is 2.16. The lowest BCUT2D eigenvalue weighted by molar-refractivity contribution is 0.260. The SMILES string of the molecule is Cc1ccc(CN(C)Cc2cc(C)c(CN)o2)o1. The summed E-state index contributed by atoms with van der Waals surface area (Å²) in [6.07, 6.45) is 0. The van der Waals surface area contributed by atoms with E-state index in [0.29, 0.717) is 6.54 Å². The van der Waals surface area contributed by atoms with Gasteiger partial charge in [0.1, 0.15) is 23.0 Å². The molecule has 0 unspecified atom stereocenters. The molecule has 4 heteroatoms. The Kier molecular flexibility index (Phi) is 3.89. The van der Waals surface area contributed by atoms with Crippen molar-refractivity contribution in [3.05, 3.63) is 46.8 Å². The number of rotatable bonds is 5. The Morgan fingerprint density at radius 2 is 1.83 bits per heavy atom. The van der Waals surface area contributed by atoms with Crippen molar-refractivity contribution in [2.45, 2.75) is 33.5 Å². The first kappa shape index (κ1) is 12.9. The van der Waals surface area contributed by atoms with E-state index in [4.69, 9.17) is 14.6 Å². The van der Waals surface area contributed by atoms with Crippen molar-refractivity contribution in [1.82, 2.24) is 4.90 Å². The van der Waals surface area contributed by atoms with Crippen LogP contribution in [0.4, 0.5) is 0 Å². The molecule has 4 nitrogen and oxygen atoms in total. The Balaban J connectivity index is 1.96. The summed E-state index contributed by atoms with van der Waals surface area (Å²) in [5.41, 5.74) is 6.72. The first-order valence-corrected chi connectivity index (χ1v) is 6.10. The third kappa shape index (κ3) is 3.03. The van der Waals surface area contributed by atoms with E-state index in [2.05, 4.69) is 4.90 Å². The molecule has 0 saturated carbocycles. The van der Waals surface area contributed by atoms with Crippen LogP contribution in [0, 0.1) is 13.8 Å². The van der Waals surface area contributed by atoms with Crippen molar-refractivity contribution in [2.24, 2.45) is 5.73 Å². The van der Waals surface area contributed by atoms with Gasteiger partial charge in [-0.15, -0.1) is 0 Å². The van der Waals surface area contributed by atoms with Crippen LogP contribution in [0.3, 0.4) is 0 Å². The van der Waals surface area contributed by atoms with Gasteiger partial charge in [0.15, 0.2) is 0 Å². The first-order chi connectivity index (χ1) is 8.58. The molecule has 0 spiro atoms. The predicted octanol–water partition coefficient (Wildman–Crippen LogP) is 2.58. The minimum atomic E-state index is 0.451. The van der Waals surface area contributed by atoms with Gasteiger partial charge in [0, 0.05) is 0 Å². The van der Waals surface area contributed by atoms with Crippen molar-refractivity contribution in [3.63, 3.8) is 0 Å². The zero-order chi connectivity index (χ0) is 13.1. The fraction of sp³-hybridized carbons (Fsp3) is 0.429. The van der Waals surface area contributed by atoms with Crippen LogP contribution in [-0.4, -0.2) is 11.9 Å². The van der Waals surface area contributed by atoms with Crippen LogP contribution in [0.25, 0.3) is 0 Å². The summed E-state index contributed by atoms with van der Waals surface area (Å²) in [5.74, 6) is 3.72. The zero-order valence-corrected chi connectivity index (χ0v) is 11.2. The van der Waals surface area contributed by atoms with Crippen molar-refractivity contribution in [1.29, 1.82) is 0 Å². The van der Waals surface area contributed by atoms with Crippen LogP contribution >= 0.6 is 0 Å². The standard InChI is InChI=1S/C14H20N2O2/c1-10-6-13(18-14(10)7-15)9-16(3)8-12-5-4-11(2)17-12/h4-6H,7-9,15H2,1-3H3. The Morgan fingerprint density at radius 1 is 1.11 bits per heavy atom. The Labute approximate surface area is 107 Å². The molecule has 0 bridgehead atoms. The molecule has 0 radical (unpaired) electrons. The maximum atomic E-state index is 5.68. The quantitative estimate of drug-likeness (QED) is 0.883. The van der Waals surface area contributed by atoms with Gasteiger partial charge in [-0.1, -0.05) is 0 Å². The van der Waals surface area contributed by atoms with Crippen LogP contribution in [-0.2, 0) is 19.6 Å². The van der Waals surface area contributed by atoms with Gasteiger partial charge in [0.2, 0.25) is 0 Å². The van der Waals surface area contributed by atoms with E-state index >= 15 is 0 Å². The highest BCUT2D eigenvalue weighted by atomic mass is 16.3. The number of furan rings is 2. The molecular formula is C14H20N2O2. The fourth-order valence-electron chi connectivity index (χ4n) is 2.03. The van der Waals surface area contributed by atoms with E-state index in [0.717, 1.165) is 41.7 Å². The molecule has 0 aliphatic rings. The van der Waals surface area contributed by atoms with Crippen molar-refractivity contribution in [2.75, 3.05) is 7.05 Å². The lowest BCUT2D eigenvalue weighted by Gasteiger charge is -2.13. The summed E-state index contributed by atoms with van der Waals surface area (Å²) < 4.78 is 11.2. The second-order valence-electron chi connectivity index (χ2n) is 4.71. The third-order valence-corrected chi connectivity index (χ3v) is 2.90. The summed E-state index contributed by atoms with van der Waals surface area (Å²) >= 11 is 0. The molecule has 0 aliphatic carbocycles. The fourth-order valence-corrected chi connectivity index (χ4v) is 2.03. The molecule has 2 N–H and O–H groups in total. The van der Waals surface area contributed by atoms with Crippen molar-refractivity contribution >= 4 is 0 Å². The first-order valence-electron chi connectivity index (χ1n) is 6.10. The molecule has 2 aromatic heterocycles. The summed E-state index contributed by atoms with van der Waals surface area (Å²) in [5, 5.41) is 0. The molecule has 2 aromatic rings. The number of nitrogens with zero attached hydrogens (tertiary/aromatic N) is 1. The summed E-state index contributed by atoms with van der Waals surface area (Å²) in [6, 6.07) is 6.03. The van der Waals surface area contributed by atoms with E-state index in [1.165, 1.54) is 0 Å². The van der Waals surface area contributed by atoms with E-state index < -0.39 is 0 Å². The van der Waals surface area contributed by atoms with Gasteiger partial charge in [0.25, 0.3) is 0 Å². The average Bonchev–Trinajstić information content (AvgIpc) is 2.85. The van der Waals surface area contributed by atoms with Gasteiger partial charge in [-0.3, -0.25) is 4.90 Å². The van der Waals surface area contributed by atoms with Gasteiger partial charge >= 0.3 is 0 Å². The monoisotopic (exact) mass is 248 g/mol. The second-order valence-corrected chi connectivity index (χ2v) is 4.71. The average molecular weight is 248 g/mol. The lowest BCUT2D eigenvalue weighted by atomic mass is 10.2. The smallest absolute Gasteiger partial charge is 0.120 e. The molecular weight excluding hydrogens is 228 g/mol. The molecule has 0 atom stereocenters. The maximum Gasteiger partial charge on any atom is 0.120 e. The Morgan fingerprint density at radius 3 is 2.39 bits per heavy atom. The second kappa shape index (κ2) is 5.42. The molecule has 98 valence electrons. The number of aryl methyl sites for hydroxylation is 2. The summed E-state index contributed by atoms with van der Waals surface area (Å²) in [4.78, 5) is 2.15. The molecule has 0 aliphatic heterocycles. The van der Waals surface area contributed by atoms with Gasteiger partial charge in [-0.2, -0.15) is 0 Å². The number of nitrogens with two attached hydrogens (primary N) is 1. The summed E-state index contributed by atoms with van der Waals surface area (Å²) in [7, 11) is 2.04. The highest BCUT2D eigenvalue weighted by Gasteiger charge is 2.10. The van der Waals surface area contributed by atoms with E-state index in [-0.39, 0.29) is 0 Å². The van der Waals surface area contributed by atoms with Gasteiger partial charge in [-0.25, -0.2) is 0 Å². The van der Waals surface area contributed by atoms with Crippen molar-refractivity contribution in [3.8, 4) is 0 Å². The number of hydrogen-bond acceptors (Lipinski definition) is 4. The van der Waals surface area contributed by atoms with Gasteiger partial charge in [-0.05, 0) is 44.7 Å².